The predicted octanol–water partition coefficient (Wildman–Crippen LogP) is 2.11. The molecule has 0 amide bonds. The highest BCUT2D eigenvalue weighted by Crippen LogP contribution is 2.16. The van der Waals surface area contributed by atoms with Gasteiger partial charge in [-0.15, -0.1) is 0 Å². The third-order valence-corrected chi connectivity index (χ3v) is 1.81. The van der Waals surface area contributed by atoms with Crippen LogP contribution in [0.5, 0.6) is 0 Å². The largest absolute Gasteiger partial charge is 0.299 e. The maximum absolute atomic E-state index is 7.31. The molecule has 1 aliphatic rings. The first-order valence-electron chi connectivity index (χ1n) is 2.85. The standard InChI is InChI=1S/C7H7ClN2/c1-4-5(8)2-3-6(9)7(4)10/h2-3,9-10H,1H3. The fourth-order valence-corrected chi connectivity index (χ4v) is 0.844. The van der Waals surface area contributed by atoms with Crippen LogP contribution in [0.4, 0.5) is 0 Å². The summed E-state index contributed by atoms with van der Waals surface area (Å²) in [6.45, 7) is 1.74. The Hall–Kier alpha value is -0.890. The number of hydrogen-bond acceptors (Lipinski definition) is 2. The van der Waals surface area contributed by atoms with Crippen molar-refractivity contribution in [3.05, 3.63) is 22.8 Å². The van der Waals surface area contributed by atoms with Crippen molar-refractivity contribution in [2.45, 2.75) is 6.92 Å². The lowest BCUT2D eigenvalue weighted by Crippen LogP contribution is -2.14. The van der Waals surface area contributed by atoms with Crippen molar-refractivity contribution in [1.29, 1.82) is 10.8 Å². The molecule has 10 heavy (non-hydrogen) atoms. The van der Waals surface area contributed by atoms with Crippen LogP contribution in [0, 0.1) is 10.8 Å². The summed E-state index contributed by atoms with van der Waals surface area (Å²) in [6.07, 6.45) is 3.16. The van der Waals surface area contributed by atoms with E-state index in [1.807, 2.05) is 0 Å². The van der Waals surface area contributed by atoms with E-state index in [1.165, 1.54) is 6.08 Å². The smallest absolute Gasteiger partial charge is 0.0833 e. The minimum atomic E-state index is 0.215. The van der Waals surface area contributed by atoms with E-state index in [2.05, 4.69) is 0 Å². The van der Waals surface area contributed by atoms with Crippen molar-refractivity contribution in [3.8, 4) is 0 Å². The molecule has 0 aliphatic heterocycles. The lowest BCUT2D eigenvalue weighted by Gasteiger charge is -2.08. The number of halogens is 1. The number of nitrogens with one attached hydrogen (secondary N) is 2. The van der Waals surface area contributed by atoms with Crippen molar-refractivity contribution in [3.63, 3.8) is 0 Å². The van der Waals surface area contributed by atoms with Crippen LogP contribution < -0.4 is 0 Å². The Morgan fingerprint density at radius 2 is 1.90 bits per heavy atom. The van der Waals surface area contributed by atoms with E-state index in [4.69, 9.17) is 22.4 Å². The van der Waals surface area contributed by atoms with Crippen molar-refractivity contribution in [2.24, 2.45) is 0 Å². The van der Waals surface area contributed by atoms with E-state index in [-0.39, 0.29) is 11.4 Å². The maximum Gasteiger partial charge on any atom is 0.0833 e. The van der Waals surface area contributed by atoms with E-state index < -0.39 is 0 Å². The van der Waals surface area contributed by atoms with Crippen LogP contribution in [0.2, 0.25) is 0 Å². The molecule has 0 aromatic carbocycles. The third kappa shape index (κ3) is 1.02. The molecule has 0 aromatic rings. The molecule has 2 N–H and O–H groups in total. The fourth-order valence-electron chi connectivity index (χ4n) is 0.686. The molecule has 1 rings (SSSR count). The minimum Gasteiger partial charge on any atom is -0.299 e. The molecule has 0 fully saturated rings. The SMILES string of the molecule is CC1=C(Cl)C=CC(=N)C1=N. The Morgan fingerprint density at radius 3 is 2.40 bits per heavy atom. The summed E-state index contributed by atoms with van der Waals surface area (Å²) in [4.78, 5) is 0. The quantitative estimate of drug-likeness (QED) is 0.502. The molecule has 0 saturated carbocycles. The summed E-state index contributed by atoms with van der Waals surface area (Å²) < 4.78 is 0. The predicted molar refractivity (Wildman–Crippen MR) is 43.1 cm³/mol. The Labute approximate surface area is 64.2 Å². The number of allylic oxidation sites excluding steroid dienone is 4. The van der Waals surface area contributed by atoms with Gasteiger partial charge in [0.25, 0.3) is 0 Å². The second kappa shape index (κ2) is 2.39. The average molecular weight is 155 g/mol. The Bertz CT molecular complexity index is 261. The second-order valence-corrected chi connectivity index (χ2v) is 2.50. The molecule has 0 unspecified atom stereocenters. The second-order valence-electron chi connectivity index (χ2n) is 2.09. The number of hydrogen-bond donors (Lipinski definition) is 2. The lowest BCUT2D eigenvalue weighted by molar-refractivity contribution is 1.42. The van der Waals surface area contributed by atoms with Crippen molar-refractivity contribution < 1.29 is 0 Å². The van der Waals surface area contributed by atoms with Crippen LogP contribution in [-0.4, -0.2) is 11.4 Å². The Kier molecular flexibility index (Phi) is 1.72. The van der Waals surface area contributed by atoms with Gasteiger partial charge in [-0.1, -0.05) is 11.6 Å². The van der Waals surface area contributed by atoms with E-state index in [1.54, 1.807) is 13.0 Å². The van der Waals surface area contributed by atoms with Crippen LogP contribution in [0.1, 0.15) is 6.92 Å². The highest BCUT2D eigenvalue weighted by molar-refractivity contribution is 6.53. The average Bonchev–Trinajstić information content (AvgIpc) is 1.93. The molecule has 1 aliphatic carbocycles. The van der Waals surface area contributed by atoms with Gasteiger partial charge < -0.3 is 0 Å². The normalized spacial score (nSPS) is 18.6. The summed E-state index contributed by atoms with van der Waals surface area (Å²) >= 11 is 5.68. The topological polar surface area (TPSA) is 47.7 Å². The van der Waals surface area contributed by atoms with E-state index in [9.17, 15) is 0 Å². The molecule has 2 nitrogen and oxygen atoms in total. The summed E-state index contributed by atoms with van der Waals surface area (Å²) in [6, 6.07) is 0. The van der Waals surface area contributed by atoms with Crippen LogP contribution in [0.15, 0.2) is 22.8 Å². The monoisotopic (exact) mass is 154 g/mol. The Balaban J connectivity index is 3.11. The molecule has 3 heteroatoms. The first-order valence-corrected chi connectivity index (χ1v) is 3.23. The van der Waals surface area contributed by atoms with Crippen LogP contribution in [-0.2, 0) is 0 Å². The molecule has 0 aromatic heterocycles. The Morgan fingerprint density at radius 1 is 1.30 bits per heavy atom. The number of rotatable bonds is 0. The maximum atomic E-state index is 7.31. The van der Waals surface area contributed by atoms with Crippen LogP contribution in [0.25, 0.3) is 0 Å². The highest BCUT2D eigenvalue weighted by atomic mass is 35.5. The van der Waals surface area contributed by atoms with Gasteiger partial charge in [0.15, 0.2) is 0 Å². The molecule has 0 saturated heterocycles. The van der Waals surface area contributed by atoms with Crippen LogP contribution >= 0.6 is 11.6 Å². The zero-order valence-corrected chi connectivity index (χ0v) is 6.29. The van der Waals surface area contributed by atoms with Gasteiger partial charge >= 0.3 is 0 Å². The van der Waals surface area contributed by atoms with Gasteiger partial charge in [-0.3, -0.25) is 10.8 Å². The molecule has 52 valence electrons. The van der Waals surface area contributed by atoms with Gasteiger partial charge in [-0.25, -0.2) is 0 Å². The van der Waals surface area contributed by atoms with Crippen molar-refractivity contribution in [2.75, 3.05) is 0 Å². The van der Waals surface area contributed by atoms with Gasteiger partial charge in [-0.05, 0) is 24.6 Å². The zero-order chi connectivity index (χ0) is 7.72. The summed E-state index contributed by atoms with van der Waals surface area (Å²) in [5.41, 5.74) is 1.11. The van der Waals surface area contributed by atoms with Gasteiger partial charge in [0.05, 0.1) is 11.4 Å². The molecule has 0 heterocycles. The first kappa shape index (κ1) is 7.22. The molecule has 0 atom stereocenters. The third-order valence-electron chi connectivity index (χ3n) is 1.40. The zero-order valence-electron chi connectivity index (χ0n) is 5.53. The molecular formula is C7H7ClN2. The van der Waals surface area contributed by atoms with E-state index >= 15 is 0 Å². The lowest BCUT2D eigenvalue weighted by atomic mass is 10.0. The first-order chi connectivity index (χ1) is 4.63. The van der Waals surface area contributed by atoms with Crippen molar-refractivity contribution >= 4 is 23.0 Å². The minimum absolute atomic E-state index is 0.215. The van der Waals surface area contributed by atoms with Crippen molar-refractivity contribution in [1.82, 2.24) is 0 Å². The highest BCUT2D eigenvalue weighted by Gasteiger charge is 2.11. The summed E-state index contributed by atoms with van der Waals surface area (Å²) in [7, 11) is 0. The van der Waals surface area contributed by atoms with Gasteiger partial charge in [0.2, 0.25) is 0 Å². The van der Waals surface area contributed by atoms with Gasteiger partial charge in [0.1, 0.15) is 0 Å². The summed E-state index contributed by atoms with van der Waals surface area (Å²) in [5, 5.41) is 15.1. The van der Waals surface area contributed by atoms with E-state index in [0.717, 1.165) is 0 Å². The van der Waals surface area contributed by atoms with Gasteiger partial charge in [0, 0.05) is 5.03 Å². The molecule has 0 spiro atoms. The molecule has 0 bridgehead atoms. The molecular weight excluding hydrogens is 148 g/mol. The fraction of sp³-hybridized carbons (Fsp3) is 0.143. The molecule has 0 radical (unpaired) electrons. The van der Waals surface area contributed by atoms with E-state index in [0.29, 0.717) is 10.6 Å². The summed E-state index contributed by atoms with van der Waals surface area (Å²) in [5.74, 6) is 0. The van der Waals surface area contributed by atoms with Crippen LogP contribution in [0.3, 0.4) is 0 Å². The van der Waals surface area contributed by atoms with Gasteiger partial charge in [-0.2, -0.15) is 0 Å².